The van der Waals surface area contributed by atoms with Crippen molar-refractivity contribution in [3.8, 4) is 5.75 Å². The van der Waals surface area contributed by atoms with E-state index in [-0.39, 0.29) is 24.5 Å². The molecule has 2 aromatic carbocycles. The number of rotatable bonds is 10. The van der Waals surface area contributed by atoms with Crippen molar-refractivity contribution in [1.82, 2.24) is 10.2 Å². The Labute approximate surface area is 180 Å². The van der Waals surface area contributed by atoms with Gasteiger partial charge in [0.15, 0.2) is 6.61 Å². The molecule has 5 nitrogen and oxygen atoms in total. The number of aryl methyl sites for hydroxylation is 2. The molecule has 30 heavy (non-hydrogen) atoms. The van der Waals surface area contributed by atoms with E-state index in [1.165, 1.54) is 0 Å². The van der Waals surface area contributed by atoms with Gasteiger partial charge in [0.05, 0.1) is 0 Å². The van der Waals surface area contributed by atoms with Crippen LogP contribution in [-0.4, -0.2) is 35.4 Å². The summed E-state index contributed by atoms with van der Waals surface area (Å²) in [7, 11) is 0. The molecule has 0 aromatic heterocycles. The SMILES string of the molecule is CC[C@H](C(=O)N[C@@H](C)CC)N(Cc1ccccc1C)C(=O)COc1cccc(C)c1. The Kier molecular flexibility index (Phi) is 8.90. The first-order chi connectivity index (χ1) is 14.3. The fraction of sp³-hybridized carbons (Fsp3) is 0.440. The van der Waals surface area contributed by atoms with E-state index in [4.69, 9.17) is 4.74 Å². The predicted molar refractivity (Wildman–Crippen MR) is 120 cm³/mol. The van der Waals surface area contributed by atoms with Gasteiger partial charge in [0.2, 0.25) is 5.91 Å². The van der Waals surface area contributed by atoms with E-state index in [1.807, 2.05) is 83.1 Å². The normalized spacial score (nSPS) is 12.7. The molecule has 0 aliphatic carbocycles. The fourth-order valence-electron chi connectivity index (χ4n) is 3.26. The minimum absolute atomic E-state index is 0.0607. The van der Waals surface area contributed by atoms with Crippen LogP contribution in [0.25, 0.3) is 0 Å². The quantitative estimate of drug-likeness (QED) is 0.631. The molecular weight excluding hydrogens is 376 g/mol. The Morgan fingerprint density at radius 1 is 1.03 bits per heavy atom. The molecule has 2 atom stereocenters. The fourth-order valence-corrected chi connectivity index (χ4v) is 3.26. The maximum absolute atomic E-state index is 13.2. The zero-order chi connectivity index (χ0) is 22.1. The molecule has 0 bridgehead atoms. The van der Waals surface area contributed by atoms with Gasteiger partial charge in [-0.2, -0.15) is 0 Å². The van der Waals surface area contributed by atoms with Crippen LogP contribution >= 0.6 is 0 Å². The number of benzene rings is 2. The van der Waals surface area contributed by atoms with Crippen LogP contribution in [-0.2, 0) is 16.1 Å². The molecule has 0 heterocycles. The van der Waals surface area contributed by atoms with Crippen LogP contribution in [0.1, 0.15) is 50.3 Å². The summed E-state index contributed by atoms with van der Waals surface area (Å²) >= 11 is 0. The van der Waals surface area contributed by atoms with E-state index in [1.54, 1.807) is 4.90 Å². The first kappa shape index (κ1) is 23.5. The van der Waals surface area contributed by atoms with Gasteiger partial charge in [-0.15, -0.1) is 0 Å². The highest BCUT2D eigenvalue weighted by molar-refractivity contribution is 5.88. The summed E-state index contributed by atoms with van der Waals surface area (Å²) in [5, 5.41) is 3.02. The van der Waals surface area contributed by atoms with Crippen LogP contribution in [0.4, 0.5) is 0 Å². The molecule has 0 aliphatic heterocycles. The Hall–Kier alpha value is -2.82. The summed E-state index contributed by atoms with van der Waals surface area (Å²) in [6.45, 7) is 10.2. The number of amides is 2. The summed E-state index contributed by atoms with van der Waals surface area (Å²) in [4.78, 5) is 27.8. The van der Waals surface area contributed by atoms with Crippen molar-refractivity contribution in [1.29, 1.82) is 0 Å². The molecule has 0 fully saturated rings. The molecule has 0 saturated carbocycles. The van der Waals surface area contributed by atoms with Crippen LogP contribution < -0.4 is 10.1 Å². The van der Waals surface area contributed by atoms with Crippen LogP contribution in [0, 0.1) is 13.8 Å². The zero-order valence-electron chi connectivity index (χ0n) is 18.8. The first-order valence-corrected chi connectivity index (χ1v) is 10.7. The highest BCUT2D eigenvalue weighted by Crippen LogP contribution is 2.17. The summed E-state index contributed by atoms with van der Waals surface area (Å²) in [6.07, 6.45) is 1.37. The summed E-state index contributed by atoms with van der Waals surface area (Å²) in [5.41, 5.74) is 3.18. The van der Waals surface area contributed by atoms with Gasteiger partial charge in [0, 0.05) is 12.6 Å². The van der Waals surface area contributed by atoms with Gasteiger partial charge >= 0.3 is 0 Å². The van der Waals surface area contributed by atoms with E-state index >= 15 is 0 Å². The minimum atomic E-state index is -0.549. The number of ether oxygens (including phenoxy) is 1. The van der Waals surface area contributed by atoms with E-state index in [2.05, 4.69) is 5.32 Å². The second kappa shape index (κ2) is 11.4. The Bertz CT molecular complexity index is 850. The standard InChI is InChI=1S/C25H34N2O3/c1-6-20(5)26-25(29)23(7-2)27(16-21-13-9-8-12-19(21)4)24(28)17-30-22-14-10-11-18(3)15-22/h8-15,20,23H,6-7,16-17H2,1-5H3,(H,26,29)/t20-,23+/m0/s1. The highest BCUT2D eigenvalue weighted by atomic mass is 16.5. The summed E-state index contributed by atoms with van der Waals surface area (Å²) in [6, 6.07) is 15.0. The molecule has 162 valence electrons. The van der Waals surface area contributed by atoms with E-state index in [0.717, 1.165) is 23.1 Å². The number of hydrogen-bond donors (Lipinski definition) is 1. The lowest BCUT2D eigenvalue weighted by atomic mass is 10.1. The molecule has 0 spiro atoms. The first-order valence-electron chi connectivity index (χ1n) is 10.7. The topological polar surface area (TPSA) is 58.6 Å². The molecule has 0 radical (unpaired) electrons. The van der Waals surface area contributed by atoms with Crippen LogP contribution in [0.15, 0.2) is 48.5 Å². The Morgan fingerprint density at radius 2 is 1.77 bits per heavy atom. The molecule has 2 amide bonds. The maximum Gasteiger partial charge on any atom is 0.261 e. The molecule has 0 unspecified atom stereocenters. The number of carbonyl (C=O) groups is 2. The predicted octanol–water partition coefficient (Wildman–Crippen LogP) is 4.40. The molecule has 1 N–H and O–H groups in total. The van der Waals surface area contributed by atoms with Gasteiger partial charge in [0.1, 0.15) is 11.8 Å². The third-order valence-electron chi connectivity index (χ3n) is 5.34. The van der Waals surface area contributed by atoms with Crippen LogP contribution in [0.2, 0.25) is 0 Å². The average Bonchev–Trinajstić information content (AvgIpc) is 2.73. The number of nitrogens with zero attached hydrogens (tertiary/aromatic N) is 1. The number of nitrogens with one attached hydrogen (secondary N) is 1. The Morgan fingerprint density at radius 3 is 2.40 bits per heavy atom. The molecule has 5 heteroatoms. The van der Waals surface area contributed by atoms with E-state index < -0.39 is 6.04 Å². The minimum Gasteiger partial charge on any atom is -0.484 e. The zero-order valence-corrected chi connectivity index (χ0v) is 18.8. The molecule has 0 aliphatic rings. The van der Waals surface area contributed by atoms with E-state index in [0.29, 0.717) is 18.7 Å². The molecule has 2 aromatic rings. The average molecular weight is 411 g/mol. The number of carbonyl (C=O) groups excluding carboxylic acids is 2. The van der Waals surface area contributed by atoms with Gasteiger partial charge in [-0.05, 0) is 62.4 Å². The van der Waals surface area contributed by atoms with E-state index in [9.17, 15) is 9.59 Å². The van der Waals surface area contributed by atoms with Crippen molar-refractivity contribution in [2.45, 2.75) is 66.1 Å². The number of hydrogen-bond acceptors (Lipinski definition) is 3. The largest absolute Gasteiger partial charge is 0.484 e. The van der Waals surface area contributed by atoms with Crippen molar-refractivity contribution >= 4 is 11.8 Å². The van der Waals surface area contributed by atoms with Crippen LogP contribution in [0.3, 0.4) is 0 Å². The second-order valence-corrected chi connectivity index (χ2v) is 7.80. The van der Waals surface area contributed by atoms with Gasteiger partial charge in [-0.1, -0.05) is 50.2 Å². The smallest absolute Gasteiger partial charge is 0.261 e. The lowest BCUT2D eigenvalue weighted by molar-refractivity contribution is -0.143. The van der Waals surface area contributed by atoms with Gasteiger partial charge in [-0.25, -0.2) is 0 Å². The second-order valence-electron chi connectivity index (χ2n) is 7.80. The summed E-state index contributed by atoms with van der Waals surface area (Å²) in [5.74, 6) is 0.326. The van der Waals surface area contributed by atoms with Gasteiger partial charge < -0.3 is 15.0 Å². The molecule has 0 saturated heterocycles. The van der Waals surface area contributed by atoms with Gasteiger partial charge in [-0.3, -0.25) is 9.59 Å². The van der Waals surface area contributed by atoms with Crippen molar-refractivity contribution in [3.05, 3.63) is 65.2 Å². The van der Waals surface area contributed by atoms with Gasteiger partial charge in [0.25, 0.3) is 5.91 Å². The lowest BCUT2D eigenvalue weighted by Crippen LogP contribution is -2.51. The van der Waals surface area contributed by atoms with Crippen molar-refractivity contribution in [2.24, 2.45) is 0 Å². The Balaban J connectivity index is 2.23. The van der Waals surface area contributed by atoms with Crippen LogP contribution in [0.5, 0.6) is 5.75 Å². The molecular formula is C25H34N2O3. The third-order valence-corrected chi connectivity index (χ3v) is 5.34. The monoisotopic (exact) mass is 410 g/mol. The highest BCUT2D eigenvalue weighted by Gasteiger charge is 2.29. The van der Waals surface area contributed by atoms with Crippen molar-refractivity contribution in [2.75, 3.05) is 6.61 Å². The maximum atomic E-state index is 13.2. The van der Waals surface area contributed by atoms with Crippen molar-refractivity contribution < 1.29 is 14.3 Å². The lowest BCUT2D eigenvalue weighted by Gasteiger charge is -2.31. The third kappa shape index (κ3) is 6.61. The molecule has 2 rings (SSSR count). The summed E-state index contributed by atoms with van der Waals surface area (Å²) < 4.78 is 5.75. The van der Waals surface area contributed by atoms with Crippen molar-refractivity contribution in [3.63, 3.8) is 0 Å².